The Labute approximate surface area is 147 Å². The average Bonchev–Trinajstić information content (AvgIpc) is 2.62. The van der Waals surface area contributed by atoms with Crippen LogP contribution in [0.1, 0.15) is 49.4 Å². The Morgan fingerprint density at radius 1 is 1.12 bits per heavy atom. The fraction of sp³-hybridized carbons (Fsp3) is 0.500. The van der Waals surface area contributed by atoms with Crippen molar-refractivity contribution in [3.05, 3.63) is 29.8 Å². The van der Waals surface area contributed by atoms with Gasteiger partial charge in [-0.1, -0.05) is 31.4 Å². The third-order valence-corrected chi connectivity index (χ3v) is 4.25. The molecule has 7 nitrogen and oxygen atoms in total. The van der Waals surface area contributed by atoms with Crippen LogP contribution in [0.5, 0.6) is 0 Å². The molecule has 0 unspecified atom stereocenters. The summed E-state index contributed by atoms with van der Waals surface area (Å²) in [5.41, 5.74) is 0.937. The van der Waals surface area contributed by atoms with Crippen molar-refractivity contribution in [1.29, 1.82) is 0 Å². The van der Waals surface area contributed by atoms with Gasteiger partial charge in [-0.2, -0.15) is 0 Å². The molecule has 1 aromatic carbocycles. The quantitative estimate of drug-likeness (QED) is 0.711. The van der Waals surface area contributed by atoms with Crippen LogP contribution in [0.4, 0.5) is 10.5 Å². The lowest BCUT2D eigenvalue weighted by molar-refractivity contribution is -0.127. The second-order valence-corrected chi connectivity index (χ2v) is 6.14. The lowest BCUT2D eigenvalue weighted by Crippen LogP contribution is -2.48. The highest BCUT2D eigenvalue weighted by Gasteiger charge is 2.23. The maximum absolute atomic E-state index is 12.2. The Hall–Kier alpha value is -2.57. The molecule has 0 heterocycles. The topological polar surface area (TPSA) is 96.5 Å². The number of carbonyl (C=O) groups excluding carboxylic acids is 3. The largest absolute Gasteiger partial charge is 0.449 e. The first-order chi connectivity index (χ1) is 12.0. The van der Waals surface area contributed by atoms with Crippen LogP contribution in [-0.4, -0.2) is 37.1 Å². The van der Waals surface area contributed by atoms with Crippen molar-refractivity contribution in [2.45, 2.75) is 51.2 Å². The first-order valence-corrected chi connectivity index (χ1v) is 8.60. The van der Waals surface area contributed by atoms with Crippen LogP contribution in [-0.2, 0) is 9.53 Å². The minimum Gasteiger partial charge on any atom is -0.449 e. The van der Waals surface area contributed by atoms with Crippen LogP contribution >= 0.6 is 0 Å². The van der Waals surface area contributed by atoms with Gasteiger partial charge in [-0.25, -0.2) is 9.59 Å². The monoisotopic (exact) mass is 347 g/mol. The van der Waals surface area contributed by atoms with Crippen LogP contribution < -0.4 is 16.0 Å². The van der Waals surface area contributed by atoms with Gasteiger partial charge in [0.1, 0.15) is 0 Å². The van der Waals surface area contributed by atoms with E-state index >= 15 is 0 Å². The van der Waals surface area contributed by atoms with E-state index in [1.54, 1.807) is 31.3 Å². The standard InChI is InChI=1S/C18H25N3O4/c1-12(25-17(23)14-10-6-7-11-15(14)19-2)16(22)21-18(24)20-13-8-4-3-5-9-13/h6-7,10-13,19H,3-5,8-9H2,1-2H3,(H2,20,21,22,24)/t12-/m0/s1. The molecular weight excluding hydrogens is 322 g/mol. The van der Waals surface area contributed by atoms with Crippen molar-refractivity contribution in [3.63, 3.8) is 0 Å². The maximum atomic E-state index is 12.2. The summed E-state index contributed by atoms with van der Waals surface area (Å²) in [6.45, 7) is 1.43. The average molecular weight is 347 g/mol. The van der Waals surface area contributed by atoms with E-state index in [0.29, 0.717) is 11.3 Å². The number of imide groups is 1. The first kappa shape index (κ1) is 18.8. The molecule has 136 valence electrons. The zero-order chi connectivity index (χ0) is 18.2. The Kier molecular flexibility index (Phi) is 6.80. The molecule has 3 N–H and O–H groups in total. The van der Waals surface area contributed by atoms with Gasteiger partial charge in [-0.05, 0) is 31.9 Å². The molecule has 3 amide bonds. The molecule has 1 aromatic rings. The molecule has 1 saturated carbocycles. The second-order valence-electron chi connectivity index (χ2n) is 6.14. The summed E-state index contributed by atoms with van der Waals surface area (Å²) in [6.07, 6.45) is 4.12. The first-order valence-electron chi connectivity index (χ1n) is 8.60. The molecule has 0 radical (unpaired) electrons. The molecular formula is C18H25N3O4. The van der Waals surface area contributed by atoms with Crippen molar-refractivity contribution >= 4 is 23.6 Å². The van der Waals surface area contributed by atoms with Gasteiger partial charge in [-0.15, -0.1) is 0 Å². The van der Waals surface area contributed by atoms with Gasteiger partial charge in [0.25, 0.3) is 5.91 Å². The van der Waals surface area contributed by atoms with E-state index in [-0.39, 0.29) is 6.04 Å². The summed E-state index contributed by atoms with van der Waals surface area (Å²) >= 11 is 0. The molecule has 0 bridgehead atoms. The van der Waals surface area contributed by atoms with Crippen LogP contribution in [0, 0.1) is 0 Å². The molecule has 1 aliphatic carbocycles. The number of anilines is 1. The van der Waals surface area contributed by atoms with Crippen LogP contribution in [0.2, 0.25) is 0 Å². The van der Waals surface area contributed by atoms with Gasteiger partial charge in [0.15, 0.2) is 6.10 Å². The predicted octanol–water partition coefficient (Wildman–Crippen LogP) is 2.43. The van der Waals surface area contributed by atoms with E-state index in [1.165, 1.54) is 13.3 Å². The Morgan fingerprint density at radius 2 is 1.80 bits per heavy atom. The maximum Gasteiger partial charge on any atom is 0.341 e. The summed E-state index contributed by atoms with van der Waals surface area (Å²) in [5, 5.41) is 7.91. The third-order valence-electron chi connectivity index (χ3n) is 4.25. The number of benzene rings is 1. The summed E-state index contributed by atoms with van der Waals surface area (Å²) in [7, 11) is 1.69. The fourth-order valence-electron chi connectivity index (χ4n) is 2.84. The van der Waals surface area contributed by atoms with E-state index in [1.807, 2.05) is 0 Å². The highest BCUT2D eigenvalue weighted by Crippen LogP contribution is 2.17. The summed E-state index contributed by atoms with van der Waals surface area (Å²) in [4.78, 5) is 36.1. The van der Waals surface area contributed by atoms with E-state index in [2.05, 4.69) is 16.0 Å². The number of ether oxygens (including phenoxy) is 1. The van der Waals surface area contributed by atoms with Gasteiger partial charge in [-0.3, -0.25) is 10.1 Å². The van der Waals surface area contributed by atoms with E-state index in [9.17, 15) is 14.4 Å². The van der Waals surface area contributed by atoms with Crippen molar-refractivity contribution in [2.75, 3.05) is 12.4 Å². The normalized spacial score (nSPS) is 15.8. The zero-order valence-corrected chi connectivity index (χ0v) is 14.6. The summed E-state index contributed by atoms with van der Waals surface area (Å²) in [6, 6.07) is 6.39. The number of para-hydroxylation sites is 1. The molecule has 1 atom stereocenters. The Bertz CT molecular complexity index is 627. The molecule has 1 aliphatic rings. The van der Waals surface area contributed by atoms with Gasteiger partial charge >= 0.3 is 12.0 Å². The molecule has 1 fully saturated rings. The highest BCUT2D eigenvalue weighted by molar-refractivity contribution is 6.00. The number of carbonyl (C=O) groups is 3. The summed E-state index contributed by atoms with van der Waals surface area (Å²) < 4.78 is 5.16. The minimum atomic E-state index is -1.07. The number of esters is 1. The molecule has 25 heavy (non-hydrogen) atoms. The fourth-order valence-corrected chi connectivity index (χ4v) is 2.84. The number of hydrogen-bond acceptors (Lipinski definition) is 5. The third kappa shape index (κ3) is 5.48. The number of hydrogen-bond donors (Lipinski definition) is 3. The Balaban J connectivity index is 1.84. The van der Waals surface area contributed by atoms with Crippen LogP contribution in [0.25, 0.3) is 0 Å². The van der Waals surface area contributed by atoms with Crippen LogP contribution in [0.15, 0.2) is 24.3 Å². The number of nitrogens with one attached hydrogen (secondary N) is 3. The van der Waals surface area contributed by atoms with Gasteiger partial charge in [0.05, 0.1) is 5.56 Å². The smallest absolute Gasteiger partial charge is 0.341 e. The number of amides is 3. The SMILES string of the molecule is CNc1ccccc1C(=O)O[C@@H](C)C(=O)NC(=O)NC1CCCCC1. The molecule has 2 rings (SSSR count). The van der Waals surface area contributed by atoms with Crippen LogP contribution in [0.3, 0.4) is 0 Å². The number of rotatable bonds is 5. The van der Waals surface area contributed by atoms with Gasteiger partial charge < -0.3 is 15.4 Å². The molecule has 0 saturated heterocycles. The molecule has 0 aliphatic heterocycles. The highest BCUT2D eigenvalue weighted by atomic mass is 16.5. The van der Waals surface area contributed by atoms with E-state index in [4.69, 9.17) is 4.74 Å². The van der Waals surface area contributed by atoms with Gasteiger partial charge in [0, 0.05) is 18.8 Å². The van der Waals surface area contributed by atoms with Crippen molar-refractivity contribution in [2.24, 2.45) is 0 Å². The van der Waals surface area contributed by atoms with Crippen molar-refractivity contribution in [3.8, 4) is 0 Å². The van der Waals surface area contributed by atoms with Gasteiger partial charge in [0.2, 0.25) is 0 Å². The molecule has 0 spiro atoms. The zero-order valence-electron chi connectivity index (χ0n) is 14.6. The Morgan fingerprint density at radius 3 is 2.48 bits per heavy atom. The second kappa shape index (κ2) is 9.05. The molecule has 0 aromatic heterocycles. The van der Waals surface area contributed by atoms with Crippen molar-refractivity contribution < 1.29 is 19.1 Å². The lowest BCUT2D eigenvalue weighted by Gasteiger charge is -2.23. The van der Waals surface area contributed by atoms with Crippen molar-refractivity contribution in [1.82, 2.24) is 10.6 Å². The lowest BCUT2D eigenvalue weighted by atomic mass is 9.96. The molecule has 7 heteroatoms. The van der Waals surface area contributed by atoms with E-state index < -0.39 is 24.0 Å². The van der Waals surface area contributed by atoms with E-state index in [0.717, 1.165) is 25.7 Å². The predicted molar refractivity (Wildman–Crippen MR) is 94.4 cm³/mol. The number of urea groups is 1. The summed E-state index contributed by atoms with van der Waals surface area (Å²) in [5.74, 6) is -1.27. The minimum absolute atomic E-state index is 0.0990.